The first kappa shape index (κ1) is 14.2. The number of pyridine rings is 1. The van der Waals surface area contributed by atoms with Gasteiger partial charge >= 0.3 is 0 Å². The zero-order valence-corrected chi connectivity index (χ0v) is 10.8. The van der Waals surface area contributed by atoms with Gasteiger partial charge in [0.2, 0.25) is 0 Å². The van der Waals surface area contributed by atoms with Crippen molar-refractivity contribution in [2.24, 2.45) is 0 Å². The van der Waals surface area contributed by atoms with Crippen molar-refractivity contribution in [3.8, 4) is 0 Å². The van der Waals surface area contributed by atoms with E-state index in [-0.39, 0.29) is 0 Å². The van der Waals surface area contributed by atoms with E-state index >= 15 is 0 Å². The molecule has 0 N–H and O–H groups in total. The number of hydrogen-bond acceptors (Lipinski definition) is 5. The Hall–Kier alpha value is -0.870. The molecule has 0 bridgehead atoms. The average Bonchev–Trinajstić information content (AvgIpc) is 2.13. The molecular formula is C6H2BrClF2N2O4S. The molecule has 0 saturated carbocycles. The molecule has 6 nitrogen and oxygen atoms in total. The number of nitrogens with zero attached hydrogens (tertiary/aromatic N) is 2. The van der Waals surface area contributed by atoms with Gasteiger partial charge in [0.05, 0.1) is 9.40 Å². The van der Waals surface area contributed by atoms with Gasteiger partial charge in [-0.25, -0.2) is 22.2 Å². The van der Waals surface area contributed by atoms with Gasteiger partial charge in [0.15, 0.2) is 5.03 Å². The first-order valence-corrected chi connectivity index (χ1v) is 6.82. The zero-order chi connectivity index (χ0) is 13.4. The normalized spacial score (nSPS) is 11.8. The Morgan fingerprint density at radius 3 is 2.41 bits per heavy atom. The summed E-state index contributed by atoms with van der Waals surface area (Å²) in [6.45, 7) is 0. The number of hydrogen-bond donors (Lipinski definition) is 0. The molecule has 0 aliphatic heterocycles. The highest BCUT2D eigenvalue weighted by Crippen LogP contribution is 2.38. The van der Waals surface area contributed by atoms with Crippen molar-refractivity contribution in [3.05, 3.63) is 26.3 Å². The molecule has 0 atom stereocenters. The minimum absolute atomic E-state index is 0.418. The summed E-state index contributed by atoms with van der Waals surface area (Å²) >= 11 is 2.53. The van der Waals surface area contributed by atoms with E-state index in [4.69, 9.17) is 10.7 Å². The van der Waals surface area contributed by atoms with E-state index in [1.54, 1.807) is 0 Å². The van der Waals surface area contributed by atoms with E-state index in [1.165, 1.54) is 0 Å². The third kappa shape index (κ3) is 2.87. The predicted octanol–water partition coefficient (Wildman–Crippen LogP) is 2.62. The lowest BCUT2D eigenvalue weighted by molar-refractivity contribution is -0.386. The lowest BCUT2D eigenvalue weighted by atomic mass is 10.2. The van der Waals surface area contributed by atoms with Crippen LogP contribution in [0.1, 0.15) is 12.0 Å². The Morgan fingerprint density at radius 2 is 2.06 bits per heavy atom. The molecule has 1 aromatic heterocycles. The van der Waals surface area contributed by atoms with Gasteiger partial charge in [0.25, 0.3) is 21.2 Å². The average molecular weight is 352 g/mol. The molecule has 0 unspecified atom stereocenters. The van der Waals surface area contributed by atoms with Crippen LogP contribution in [0.2, 0.25) is 0 Å². The van der Waals surface area contributed by atoms with Gasteiger partial charge in [-0.1, -0.05) is 0 Å². The van der Waals surface area contributed by atoms with Crippen molar-refractivity contribution in [3.63, 3.8) is 0 Å². The lowest BCUT2D eigenvalue weighted by Crippen LogP contribution is -2.04. The number of alkyl halides is 2. The Morgan fingerprint density at radius 1 is 1.53 bits per heavy atom. The smallest absolute Gasteiger partial charge is 0.258 e. The van der Waals surface area contributed by atoms with Crippen molar-refractivity contribution < 1.29 is 22.1 Å². The van der Waals surface area contributed by atoms with Gasteiger partial charge in [0.1, 0.15) is 11.8 Å². The van der Waals surface area contributed by atoms with Crippen LogP contribution >= 0.6 is 26.6 Å². The van der Waals surface area contributed by atoms with Crippen LogP contribution in [-0.4, -0.2) is 18.3 Å². The van der Waals surface area contributed by atoms with Gasteiger partial charge in [-0.2, -0.15) is 0 Å². The van der Waals surface area contributed by atoms with Crippen LogP contribution in [-0.2, 0) is 9.05 Å². The van der Waals surface area contributed by atoms with Crippen molar-refractivity contribution in [1.82, 2.24) is 4.98 Å². The minimum atomic E-state index is -4.37. The first-order valence-electron chi connectivity index (χ1n) is 3.72. The molecule has 1 rings (SSSR count). The van der Waals surface area contributed by atoms with Gasteiger partial charge in [-0.3, -0.25) is 10.1 Å². The summed E-state index contributed by atoms with van der Waals surface area (Å²) < 4.78 is 46.5. The monoisotopic (exact) mass is 350 g/mol. The fourth-order valence-electron chi connectivity index (χ4n) is 0.997. The van der Waals surface area contributed by atoms with Crippen molar-refractivity contribution in [2.75, 3.05) is 0 Å². The number of rotatable bonds is 3. The number of halogens is 4. The van der Waals surface area contributed by atoms with Gasteiger partial charge in [-0.15, -0.1) is 0 Å². The SMILES string of the molecule is O=[N+]([O-])c1cnc(S(=O)(=O)Cl)c(Br)c1C(F)F. The van der Waals surface area contributed by atoms with E-state index in [9.17, 15) is 27.3 Å². The summed E-state index contributed by atoms with van der Waals surface area (Å²) in [5.41, 5.74) is -2.07. The van der Waals surface area contributed by atoms with Gasteiger partial charge in [0, 0.05) is 10.7 Å². The second kappa shape index (κ2) is 4.78. The lowest BCUT2D eigenvalue weighted by Gasteiger charge is -2.06. The topological polar surface area (TPSA) is 90.2 Å². The number of aromatic nitrogens is 1. The third-order valence-corrected chi connectivity index (χ3v) is 3.93. The molecule has 17 heavy (non-hydrogen) atoms. The molecule has 0 aliphatic carbocycles. The summed E-state index contributed by atoms with van der Waals surface area (Å²) in [6, 6.07) is 0. The van der Waals surface area contributed by atoms with Gasteiger partial charge < -0.3 is 0 Å². The molecule has 11 heteroatoms. The summed E-state index contributed by atoms with van der Waals surface area (Å²) in [7, 11) is 0.564. The molecule has 0 aliphatic rings. The Balaban J connectivity index is 3.67. The highest BCUT2D eigenvalue weighted by molar-refractivity contribution is 9.10. The van der Waals surface area contributed by atoms with Crippen molar-refractivity contribution in [2.45, 2.75) is 11.5 Å². The predicted molar refractivity (Wildman–Crippen MR) is 56.6 cm³/mol. The van der Waals surface area contributed by atoms with Crippen LogP contribution in [0.5, 0.6) is 0 Å². The maximum absolute atomic E-state index is 12.6. The molecule has 0 saturated heterocycles. The van der Waals surface area contributed by atoms with Crippen LogP contribution in [0, 0.1) is 10.1 Å². The van der Waals surface area contributed by atoms with Crippen LogP contribution in [0.3, 0.4) is 0 Å². The largest absolute Gasteiger partial charge is 0.297 e. The number of nitro groups is 1. The summed E-state index contributed by atoms with van der Waals surface area (Å²) in [4.78, 5) is 12.5. The quantitative estimate of drug-likeness (QED) is 0.474. The molecule has 1 aromatic rings. The molecular weight excluding hydrogens is 349 g/mol. The van der Waals surface area contributed by atoms with Crippen molar-refractivity contribution in [1.29, 1.82) is 0 Å². The highest BCUT2D eigenvalue weighted by atomic mass is 79.9. The molecule has 1 heterocycles. The minimum Gasteiger partial charge on any atom is -0.258 e. The van der Waals surface area contributed by atoms with E-state index in [0.717, 1.165) is 0 Å². The zero-order valence-electron chi connectivity index (χ0n) is 7.60. The van der Waals surface area contributed by atoms with Gasteiger partial charge in [-0.05, 0) is 15.9 Å². The fraction of sp³-hybridized carbons (Fsp3) is 0.167. The first-order chi connectivity index (χ1) is 7.66. The van der Waals surface area contributed by atoms with E-state index in [2.05, 4.69) is 20.9 Å². The summed E-state index contributed by atoms with van der Waals surface area (Å²) in [5, 5.41) is 9.58. The Labute approximate surface area is 106 Å². The molecule has 0 amide bonds. The van der Waals surface area contributed by atoms with Crippen molar-refractivity contribution >= 4 is 41.4 Å². The summed E-state index contributed by atoms with van der Waals surface area (Å²) in [6.07, 6.45) is -2.83. The van der Waals surface area contributed by atoms with E-state index in [0.29, 0.717) is 6.20 Å². The van der Waals surface area contributed by atoms with Crippen LogP contribution in [0.15, 0.2) is 15.7 Å². The second-order valence-electron chi connectivity index (χ2n) is 2.67. The fourth-order valence-corrected chi connectivity index (χ4v) is 3.25. The maximum Gasteiger partial charge on any atom is 0.297 e. The molecule has 0 fully saturated rings. The van der Waals surface area contributed by atoms with Crippen LogP contribution < -0.4 is 0 Å². The van der Waals surface area contributed by atoms with Crippen LogP contribution in [0.4, 0.5) is 14.5 Å². The Kier molecular flexibility index (Phi) is 3.99. The molecule has 0 aromatic carbocycles. The maximum atomic E-state index is 12.6. The molecule has 94 valence electrons. The second-order valence-corrected chi connectivity index (χ2v) is 5.95. The molecule has 0 spiro atoms. The standard InChI is InChI=1S/C6H2BrClF2N2O4S/c7-4-3(5(9)10)2(12(13)14)1-11-6(4)17(8,15)16/h1,5H. The highest BCUT2D eigenvalue weighted by Gasteiger charge is 2.31. The molecule has 0 radical (unpaired) electrons. The third-order valence-electron chi connectivity index (χ3n) is 1.65. The van der Waals surface area contributed by atoms with Crippen LogP contribution in [0.25, 0.3) is 0 Å². The van der Waals surface area contributed by atoms with E-state index < -0.39 is 41.1 Å². The summed E-state index contributed by atoms with van der Waals surface area (Å²) in [5.74, 6) is 0. The Bertz CT molecular complexity index is 580. The van der Waals surface area contributed by atoms with E-state index in [1.807, 2.05) is 0 Å².